The number of carbonyl (C=O) groups excluding carboxylic acids is 1. The molecule has 4 aliphatic rings. The lowest BCUT2D eigenvalue weighted by Gasteiger charge is -2.52. The second-order valence-electron chi connectivity index (χ2n) is 8.18. The molecule has 0 unspecified atom stereocenters. The van der Waals surface area contributed by atoms with Crippen molar-refractivity contribution in [2.45, 2.75) is 58.5 Å². The van der Waals surface area contributed by atoms with Crippen LogP contribution in [0.25, 0.3) is 0 Å². The molecular formula is C20H28O2S. The number of rotatable bonds is 2. The maximum absolute atomic E-state index is 12.3. The van der Waals surface area contributed by atoms with Gasteiger partial charge in [0.1, 0.15) is 0 Å². The van der Waals surface area contributed by atoms with Crippen molar-refractivity contribution < 1.29 is 9.90 Å². The van der Waals surface area contributed by atoms with Gasteiger partial charge in [-0.25, -0.2) is 0 Å². The number of aliphatic hydroxyl groups is 1. The van der Waals surface area contributed by atoms with Crippen LogP contribution in [0.5, 0.6) is 0 Å². The summed E-state index contributed by atoms with van der Waals surface area (Å²) in [5, 5.41) is 10.5. The predicted octanol–water partition coefficient (Wildman–Crippen LogP) is 4.35. The number of hydrogen-bond donors (Lipinski definition) is 1. The van der Waals surface area contributed by atoms with E-state index in [0.29, 0.717) is 17.8 Å². The molecule has 0 aromatic rings. The van der Waals surface area contributed by atoms with Crippen LogP contribution < -0.4 is 0 Å². The molecule has 4 aliphatic carbocycles. The van der Waals surface area contributed by atoms with Crippen LogP contribution in [-0.2, 0) is 4.79 Å². The largest absolute Gasteiger partial charge is 0.393 e. The highest BCUT2D eigenvalue weighted by Gasteiger charge is 2.55. The first kappa shape index (κ1) is 16.0. The molecule has 3 heteroatoms. The molecule has 0 aromatic carbocycles. The Morgan fingerprint density at radius 3 is 2.87 bits per heavy atom. The Kier molecular flexibility index (Phi) is 4.00. The van der Waals surface area contributed by atoms with E-state index in [-0.39, 0.29) is 17.3 Å². The van der Waals surface area contributed by atoms with Crippen LogP contribution >= 0.6 is 11.8 Å². The molecule has 0 saturated heterocycles. The molecule has 2 nitrogen and oxygen atoms in total. The van der Waals surface area contributed by atoms with Gasteiger partial charge in [0.15, 0.2) is 5.78 Å². The van der Waals surface area contributed by atoms with E-state index in [2.05, 4.69) is 19.9 Å². The van der Waals surface area contributed by atoms with Crippen LogP contribution in [0.2, 0.25) is 0 Å². The predicted molar refractivity (Wildman–Crippen MR) is 95.1 cm³/mol. The summed E-state index contributed by atoms with van der Waals surface area (Å²) in [7, 11) is 0. The zero-order chi connectivity index (χ0) is 16.2. The number of allylic oxidation sites excluding steroid dienone is 4. The number of carbonyl (C=O) groups is 1. The summed E-state index contributed by atoms with van der Waals surface area (Å²) in [6.07, 6.45) is 11.0. The normalized spacial score (nSPS) is 45.7. The zero-order valence-electron chi connectivity index (χ0n) is 14.3. The molecule has 0 spiro atoms. The molecule has 0 amide bonds. The van der Waals surface area contributed by atoms with E-state index >= 15 is 0 Å². The number of aliphatic hydroxyl groups excluding tert-OH is 1. The van der Waals surface area contributed by atoms with Gasteiger partial charge >= 0.3 is 0 Å². The lowest BCUT2D eigenvalue weighted by Crippen LogP contribution is -2.47. The average Bonchev–Trinajstić information content (AvgIpc) is 2.84. The van der Waals surface area contributed by atoms with Crippen molar-refractivity contribution in [1.82, 2.24) is 0 Å². The van der Waals surface area contributed by atoms with Gasteiger partial charge in [-0.05, 0) is 73.5 Å². The molecule has 0 aliphatic heterocycles. The minimum absolute atomic E-state index is 0.0972. The Morgan fingerprint density at radius 2 is 2.09 bits per heavy atom. The first-order valence-corrected chi connectivity index (χ1v) is 10.3. The molecule has 126 valence electrons. The van der Waals surface area contributed by atoms with Crippen molar-refractivity contribution in [3.8, 4) is 0 Å². The van der Waals surface area contributed by atoms with Gasteiger partial charge in [-0.1, -0.05) is 25.5 Å². The highest BCUT2D eigenvalue weighted by Crippen LogP contribution is 2.61. The van der Waals surface area contributed by atoms with E-state index in [1.807, 2.05) is 6.08 Å². The van der Waals surface area contributed by atoms with Crippen molar-refractivity contribution in [3.05, 3.63) is 22.6 Å². The highest BCUT2D eigenvalue weighted by atomic mass is 32.2. The second-order valence-corrected chi connectivity index (χ2v) is 9.49. The summed E-state index contributed by atoms with van der Waals surface area (Å²) >= 11 is 1.70. The van der Waals surface area contributed by atoms with Crippen molar-refractivity contribution in [2.75, 3.05) is 5.75 Å². The topological polar surface area (TPSA) is 37.3 Å². The lowest BCUT2D eigenvalue weighted by atomic mass is 9.53. The monoisotopic (exact) mass is 332 g/mol. The van der Waals surface area contributed by atoms with Crippen LogP contribution in [0.1, 0.15) is 52.4 Å². The van der Waals surface area contributed by atoms with Crippen molar-refractivity contribution in [2.24, 2.45) is 29.1 Å². The Morgan fingerprint density at radius 1 is 1.26 bits per heavy atom. The van der Waals surface area contributed by atoms with Gasteiger partial charge in [-0.3, -0.25) is 4.79 Å². The standard InChI is InChI=1S/C20H28O2S/c1-3-23-18-11-15-12(10-17(18)21)4-5-14-13(15)8-9-20(2)16(14)6-7-19(20)22/h10-11,13-16,19,22H,3-9H2,1-2H3/t13-,14+,15-,16-,19-,20-/m0/s1. The molecule has 0 radical (unpaired) electrons. The first-order chi connectivity index (χ1) is 11.0. The van der Waals surface area contributed by atoms with Crippen LogP contribution in [0, 0.1) is 29.1 Å². The molecular weight excluding hydrogens is 304 g/mol. The maximum atomic E-state index is 12.3. The minimum Gasteiger partial charge on any atom is -0.393 e. The van der Waals surface area contributed by atoms with Gasteiger partial charge in [0, 0.05) is 5.92 Å². The minimum atomic E-state index is -0.0972. The second kappa shape index (κ2) is 5.77. The molecule has 0 heterocycles. The molecule has 3 saturated carbocycles. The number of fused-ring (bicyclic) bond motifs is 5. The average molecular weight is 333 g/mol. The van der Waals surface area contributed by atoms with Crippen LogP contribution in [0.15, 0.2) is 22.6 Å². The third-order valence-corrected chi connectivity index (χ3v) is 8.23. The molecule has 0 bridgehead atoms. The highest BCUT2D eigenvalue weighted by molar-refractivity contribution is 8.04. The summed E-state index contributed by atoms with van der Waals surface area (Å²) in [6, 6.07) is 0. The van der Waals surface area contributed by atoms with Crippen molar-refractivity contribution >= 4 is 17.5 Å². The SMILES string of the molecule is CCSC1=C[C@H]2C(=CC1=O)CC[C@@H]1[C@@H]2CC[C@]2(C)[C@@H](O)CC[C@@H]12. The van der Waals surface area contributed by atoms with Gasteiger partial charge in [0.05, 0.1) is 11.0 Å². The quantitative estimate of drug-likeness (QED) is 0.817. The number of thioether (sulfide) groups is 1. The van der Waals surface area contributed by atoms with Gasteiger partial charge in [-0.2, -0.15) is 0 Å². The Hall–Kier alpha value is -0.540. The first-order valence-electron chi connectivity index (χ1n) is 9.32. The third-order valence-electron chi connectivity index (χ3n) is 7.29. The number of ketones is 1. The van der Waals surface area contributed by atoms with Crippen LogP contribution in [-0.4, -0.2) is 22.7 Å². The van der Waals surface area contributed by atoms with E-state index in [0.717, 1.165) is 35.8 Å². The third kappa shape index (κ3) is 2.38. The van der Waals surface area contributed by atoms with E-state index < -0.39 is 0 Å². The Balaban J connectivity index is 1.63. The van der Waals surface area contributed by atoms with Crippen molar-refractivity contribution in [1.29, 1.82) is 0 Å². The van der Waals surface area contributed by atoms with Gasteiger partial charge in [0.2, 0.25) is 0 Å². The van der Waals surface area contributed by atoms with E-state index in [4.69, 9.17) is 0 Å². The lowest BCUT2D eigenvalue weighted by molar-refractivity contribution is -0.111. The van der Waals surface area contributed by atoms with Gasteiger partial charge < -0.3 is 5.11 Å². The molecule has 1 N–H and O–H groups in total. The van der Waals surface area contributed by atoms with Crippen molar-refractivity contribution in [3.63, 3.8) is 0 Å². The molecule has 23 heavy (non-hydrogen) atoms. The van der Waals surface area contributed by atoms with Crippen LogP contribution in [0.4, 0.5) is 0 Å². The van der Waals surface area contributed by atoms with E-state index in [9.17, 15) is 9.90 Å². The molecule has 6 atom stereocenters. The molecule has 3 fully saturated rings. The van der Waals surface area contributed by atoms with Crippen LogP contribution in [0.3, 0.4) is 0 Å². The summed E-state index contributed by atoms with van der Waals surface area (Å²) in [5.41, 5.74) is 1.54. The van der Waals surface area contributed by atoms with Gasteiger partial charge in [0.25, 0.3) is 0 Å². The zero-order valence-corrected chi connectivity index (χ0v) is 15.1. The summed E-state index contributed by atoms with van der Waals surface area (Å²) in [4.78, 5) is 13.3. The summed E-state index contributed by atoms with van der Waals surface area (Å²) in [6.45, 7) is 4.45. The Labute approximate surface area is 143 Å². The Bertz CT molecular complexity index is 578. The van der Waals surface area contributed by atoms with E-state index in [1.165, 1.54) is 24.8 Å². The number of hydrogen-bond acceptors (Lipinski definition) is 3. The molecule has 0 aromatic heterocycles. The summed E-state index contributed by atoms with van der Waals surface area (Å²) < 4.78 is 0. The van der Waals surface area contributed by atoms with Gasteiger partial charge in [-0.15, -0.1) is 11.8 Å². The fourth-order valence-electron chi connectivity index (χ4n) is 6.08. The smallest absolute Gasteiger partial charge is 0.191 e. The fourth-order valence-corrected chi connectivity index (χ4v) is 6.84. The molecule has 4 rings (SSSR count). The summed E-state index contributed by atoms with van der Waals surface area (Å²) in [5.74, 6) is 3.81. The maximum Gasteiger partial charge on any atom is 0.191 e. The van der Waals surface area contributed by atoms with E-state index in [1.54, 1.807) is 11.8 Å². The fraction of sp³-hybridized carbons (Fsp3) is 0.750.